The van der Waals surface area contributed by atoms with Gasteiger partial charge in [0.25, 0.3) is 0 Å². The van der Waals surface area contributed by atoms with Crippen LogP contribution >= 0.6 is 34.2 Å². The summed E-state index contributed by atoms with van der Waals surface area (Å²) in [5.41, 5.74) is 3.26. The lowest BCUT2D eigenvalue weighted by Gasteiger charge is -2.17. The summed E-state index contributed by atoms with van der Waals surface area (Å²) in [5.74, 6) is -0.387. The minimum atomic E-state index is -0.387. The number of hydrogen-bond acceptors (Lipinski definition) is 1. The summed E-state index contributed by atoms with van der Waals surface area (Å²) in [6, 6.07) is 11.1. The Morgan fingerprint density at radius 2 is 1.95 bits per heavy atom. The van der Waals surface area contributed by atoms with Gasteiger partial charge in [0.2, 0.25) is 0 Å². The van der Waals surface area contributed by atoms with E-state index in [2.05, 4.69) is 47.0 Å². The topological polar surface area (TPSA) is 12.0 Å². The van der Waals surface area contributed by atoms with Crippen LogP contribution < -0.4 is 5.32 Å². The number of hydrogen-bond donors (Lipinski definition) is 1. The molecule has 4 heteroatoms. The minimum Gasteiger partial charge on any atom is -0.378 e. The summed E-state index contributed by atoms with van der Waals surface area (Å²) in [6.45, 7) is 4.10. The number of nitrogens with one attached hydrogen (secondary N) is 1. The van der Waals surface area contributed by atoms with Crippen molar-refractivity contribution < 1.29 is 4.39 Å². The van der Waals surface area contributed by atoms with Gasteiger partial charge < -0.3 is 5.32 Å². The van der Waals surface area contributed by atoms with Crippen LogP contribution in [-0.2, 0) is 0 Å². The largest absolute Gasteiger partial charge is 0.378 e. The molecule has 0 spiro atoms. The number of halogens is 3. The van der Waals surface area contributed by atoms with Crippen molar-refractivity contribution in [2.75, 3.05) is 5.32 Å². The Hall–Kier alpha value is -0.810. The molecule has 100 valence electrons. The van der Waals surface area contributed by atoms with E-state index in [1.54, 1.807) is 12.1 Å². The van der Waals surface area contributed by atoms with Gasteiger partial charge in [-0.1, -0.05) is 23.7 Å². The van der Waals surface area contributed by atoms with Gasteiger partial charge in [0.1, 0.15) is 5.82 Å². The third kappa shape index (κ3) is 3.60. The average molecular weight is 390 g/mol. The van der Waals surface area contributed by atoms with Crippen molar-refractivity contribution in [3.05, 3.63) is 61.9 Å². The van der Waals surface area contributed by atoms with Crippen molar-refractivity contribution >= 4 is 39.9 Å². The van der Waals surface area contributed by atoms with Gasteiger partial charge in [-0.2, -0.15) is 0 Å². The van der Waals surface area contributed by atoms with E-state index >= 15 is 0 Å². The Balaban J connectivity index is 2.17. The fourth-order valence-electron chi connectivity index (χ4n) is 1.80. The Labute approximate surface area is 131 Å². The van der Waals surface area contributed by atoms with E-state index < -0.39 is 0 Å². The van der Waals surface area contributed by atoms with Crippen LogP contribution in [0.1, 0.15) is 24.1 Å². The van der Waals surface area contributed by atoms with Crippen molar-refractivity contribution in [3.63, 3.8) is 0 Å². The lowest BCUT2D eigenvalue weighted by molar-refractivity contribution is 0.627. The van der Waals surface area contributed by atoms with Crippen LogP contribution in [-0.4, -0.2) is 0 Å². The molecule has 0 aliphatic heterocycles. The first-order valence-electron chi connectivity index (χ1n) is 5.95. The first-order valence-corrected chi connectivity index (χ1v) is 7.40. The molecule has 0 saturated carbocycles. The molecule has 1 N–H and O–H groups in total. The Kier molecular flexibility index (Phi) is 4.68. The predicted octanol–water partition coefficient (Wildman–Crippen LogP) is 5.57. The molecule has 19 heavy (non-hydrogen) atoms. The lowest BCUT2D eigenvalue weighted by Crippen LogP contribution is -2.07. The summed E-state index contributed by atoms with van der Waals surface area (Å²) in [6.07, 6.45) is 0. The van der Waals surface area contributed by atoms with E-state index in [0.29, 0.717) is 0 Å². The van der Waals surface area contributed by atoms with Crippen LogP contribution in [0.4, 0.5) is 10.1 Å². The van der Waals surface area contributed by atoms with Gasteiger partial charge in [-0.25, -0.2) is 4.39 Å². The molecular weight excluding hydrogens is 376 g/mol. The quantitative estimate of drug-likeness (QED) is 0.677. The molecule has 0 aliphatic rings. The molecular formula is C15H14ClFIN. The van der Waals surface area contributed by atoms with Crippen molar-refractivity contribution in [1.29, 1.82) is 0 Å². The Bertz CT molecular complexity index is 601. The second-order valence-corrected chi connectivity index (χ2v) is 6.07. The van der Waals surface area contributed by atoms with E-state index in [4.69, 9.17) is 11.6 Å². The van der Waals surface area contributed by atoms with E-state index in [1.165, 1.54) is 15.2 Å². The molecule has 0 saturated heterocycles. The summed E-state index contributed by atoms with van der Waals surface area (Å²) in [5, 5.41) is 3.54. The van der Waals surface area contributed by atoms with Crippen LogP contribution in [0.15, 0.2) is 36.4 Å². The SMILES string of the molecule is Cc1ccc(NC(C)c2ccc(F)c(Cl)c2)cc1I. The molecule has 2 aromatic rings. The summed E-state index contributed by atoms with van der Waals surface area (Å²) in [4.78, 5) is 0. The standard InChI is InChI=1S/C15H14ClFIN/c1-9-3-5-12(8-15(9)18)19-10(2)11-4-6-14(17)13(16)7-11/h3-8,10,19H,1-2H3. The molecule has 0 fully saturated rings. The van der Waals surface area contributed by atoms with Gasteiger partial charge in [0.15, 0.2) is 0 Å². The highest BCUT2D eigenvalue weighted by molar-refractivity contribution is 14.1. The second kappa shape index (κ2) is 6.09. The lowest BCUT2D eigenvalue weighted by atomic mass is 10.1. The smallest absolute Gasteiger partial charge is 0.141 e. The van der Waals surface area contributed by atoms with Gasteiger partial charge in [0.05, 0.1) is 5.02 Å². The van der Waals surface area contributed by atoms with Crippen LogP contribution in [0.5, 0.6) is 0 Å². The highest BCUT2D eigenvalue weighted by atomic mass is 127. The molecule has 2 rings (SSSR count). The number of aryl methyl sites for hydroxylation is 1. The normalized spacial score (nSPS) is 12.3. The average Bonchev–Trinajstić information content (AvgIpc) is 2.37. The molecule has 0 aromatic heterocycles. The van der Waals surface area contributed by atoms with Gasteiger partial charge in [-0.3, -0.25) is 0 Å². The van der Waals surface area contributed by atoms with E-state index in [1.807, 2.05) is 13.0 Å². The maximum Gasteiger partial charge on any atom is 0.141 e. The molecule has 2 aromatic carbocycles. The minimum absolute atomic E-state index is 0.0663. The summed E-state index contributed by atoms with van der Waals surface area (Å²) >= 11 is 8.11. The van der Waals surface area contributed by atoms with E-state index in [-0.39, 0.29) is 16.9 Å². The number of benzene rings is 2. The van der Waals surface area contributed by atoms with Crippen molar-refractivity contribution in [1.82, 2.24) is 0 Å². The predicted molar refractivity (Wildman–Crippen MR) is 87.3 cm³/mol. The maximum atomic E-state index is 13.1. The molecule has 1 atom stereocenters. The summed E-state index contributed by atoms with van der Waals surface area (Å²) < 4.78 is 14.3. The fraction of sp³-hybridized carbons (Fsp3) is 0.200. The number of rotatable bonds is 3. The third-order valence-corrected chi connectivity index (χ3v) is 4.45. The van der Waals surface area contributed by atoms with Crippen molar-refractivity contribution in [3.8, 4) is 0 Å². The van der Waals surface area contributed by atoms with Gasteiger partial charge in [-0.05, 0) is 71.8 Å². The van der Waals surface area contributed by atoms with E-state index in [9.17, 15) is 4.39 Å². The monoisotopic (exact) mass is 389 g/mol. The second-order valence-electron chi connectivity index (χ2n) is 4.50. The van der Waals surface area contributed by atoms with E-state index in [0.717, 1.165) is 11.3 Å². The number of anilines is 1. The van der Waals surface area contributed by atoms with Gasteiger partial charge >= 0.3 is 0 Å². The molecule has 0 bridgehead atoms. The van der Waals surface area contributed by atoms with Crippen molar-refractivity contribution in [2.24, 2.45) is 0 Å². The molecule has 1 nitrogen and oxygen atoms in total. The molecule has 0 heterocycles. The Morgan fingerprint density at radius 1 is 1.21 bits per heavy atom. The van der Waals surface area contributed by atoms with Crippen molar-refractivity contribution in [2.45, 2.75) is 19.9 Å². The molecule has 0 amide bonds. The molecule has 0 aliphatic carbocycles. The summed E-state index contributed by atoms with van der Waals surface area (Å²) in [7, 11) is 0. The van der Waals surface area contributed by atoms with Crippen LogP contribution in [0.25, 0.3) is 0 Å². The first-order chi connectivity index (χ1) is 8.97. The Morgan fingerprint density at radius 3 is 2.58 bits per heavy atom. The highest BCUT2D eigenvalue weighted by Gasteiger charge is 2.08. The van der Waals surface area contributed by atoms with Gasteiger partial charge in [-0.15, -0.1) is 0 Å². The fourth-order valence-corrected chi connectivity index (χ4v) is 2.50. The third-order valence-electron chi connectivity index (χ3n) is 3.00. The molecule has 1 unspecified atom stereocenters. The first kappa shape index (κ1) is 14.6. The van der Waals surface area contributed by atoms with Crippen LogP contribution in [0, 0.1) is 16.3 Å². The van der Waals surface area contributed by atoms with Crippen LogP contribution in [0.3, 0.4) is 0 Å². The zero-order valence-electron chi connectivity index (χ0n) is 10.7. The van der Waals surface area contributed by atoms with Gasteiger partial charge in [0, 0.05) is 15.3 Å². The maximum absolute atomic E-state index is 13.1. The molecule has 0 radical (unpaired) electrons. The highest BCUT2D eigenvalue weighted by Crippen LogP contribution is 2.25. The van der Waals surface area contributed by atoms with Crippen LogP contribution in [0.2, 0.25) is 5.02 Å². The zero-order valence-corrected chi connectivity index (χ0v) is 13.6. The zero-order chi connectivity index (χ0) is 14.0.